The van der Waals surface area contributed by atoms with Crippen LogP contribution in [0.3, 0.4) is 0 Å². The van der Waals surface area contributed by atoms with Crippen LogP contribution in [0.2, 0.25) is 5.02 Å². The molecule has 0 aliphatic carbocycles. The lowest BCUT2D eigenvalue weighted by molar-refractivity contribution is 0.0950. The maximum Gasteiger partial charge on any atom is 0.251 e. The Morgan fingerprint density at radius 2 is 2.00 bits per heavy atom. The lowest BCUT2D eigenvalue weighted by Crippen LogP contribution is -2.22. The van der Waals surface area contributed by atoms with E-state index < -0.39 is 0 Å². The van der Waals surface area contributed by atoms with Gasteiger partial charge in [0.25, 0.3) is 5.91 Å². The third-order valence-electron chi connectivity index (χ3n) is 3.42. The summed E-state index contributed by atoms with van der Waals surface area (Å²) >= 11 is 5.94. The summed E-state index contributed by atoms with van der Waals surface area (Å²) in [4.78, 5) is 16.6. The van der Waals surface area contributed by atoms with E-state index in [9.17, 15) is 4.79 Å². The molecule has 0 unspecified atom stereocenters. The number of ether oxygens (including phenoxy) is 1. The molecule has 1 amide bonds. The highest BCUT2D eigenvalue weighted by Crippen LogP contribution is 2.12. The summed E-state index contributed by atoms with van der Waals surface area (Å²) in [5, 5.41) is 3.50. The number of halogens is 1. The van der Waals surface area contributed by atoms with Crippen molar-refractivity contribution in [3.8, 4) is 0 Å². The average Bonchev–Trinajstić information content (AvgIpc) is 2.95. The summed E-state index contributed by atoms with van der Waals surface area (Å²) in [6.07, 6.45) is 3.63. The van der Waals surface area contributed by atoms with Crippen LogP contribution in [-0.4, -0.2) is 22.4 Å². The zero-order valence-electron chi connectivity index (χ0n) is 12.6. The molecule has 0 bridgehead atoms. The van der Waals surface area contributed by atoms with E-state index in [1.807, 2.05) is 28.8 Å². The topological polar surface area (TPSA) is 55.6 Å². The van der Waals surface area contributed by atoms with Crippen LogP contribution in [0.1, 0.15) is 21.6 Å². The molecule has 2 heterocycles. The molecular formula is C17H16ClN3O2. The number of amides is 1. The van der Waals surface area contributed by atoms with Crippen molar-refractivity contribution in [3.63, 3.8) is 0 Å². The molecule has 1 aromatic carbocycles. The van der Waals surface area contributed by atoms with Crippen LogP contribution in [0.25, 0.3) is 5.65 Å². The SMILES string of the molecule is COCc1ccc(C(=O)NCc2cn3cc(Cl)ccc3n2)cc1. The average molecular weight is 330 g/mol. The van der Waals surface area contributed by atoms with E-state index in [0.29, 0.717) is 23.7 Å². The molecule has 3 aromatic rings. The first-order valence-electron chi connectivity index (χ1n) is 7.15. The van der Waals surface area contributed by atoms with Gasteiger partial charge >= 0.3 is 0 Å². The van der Waals surface area contributed by atoms with Crippen molar-refractivity contribution in [3.05, 3.63) is 70.6 Å². The van der Waals surface area contributed by atoms with E-state index in [1.165, 1.54) is 0 Å². The van der Waals surface area contributed by atoms with Crippen LogP contribution in [-0.2, 0) is 17.9 Å². The molecule has 2 aromatic heterocycles. The lowest BCUT2D eigenvalue weighted by Gasteiger charge is -2.04. The van der Waals surface area contributed by atoms with E-state index >= 15 is 0 Å². The Morgan fingerprint density at radius 1 is 1.22 bits per heavy atom. The molecule has 6 heteroatoms. The van der Waals surface area contributed by atoms with E-state index in [-0.39, 0.29) is 5.91 Å². The molecule has 0 spiro atoms. The number of benzene rings is 1. The van der Waals surface area contributed by atoms with Crippen molar-refractivity contribution < 1.29 is 9.53 Å². The summed E-state index contributed by atoms with van der Waals surface area (Å²) in [7, 11) is 1.64. The van der Waals surface area contributed by atoms with Crippen molar-refractivity contribution in [2.45, 2.75) is 13.2 Å². The van der Waals surface area contributed by atoms with Crippen LogP contribution in [0.5, 0.6) is 0 Å². The normalized spacial score (nSPS) is 10.9. The summed E-state index contributed by atoms with van der Waals surface area (Å²) in [5.74, 6) is -0.135. The minimum Gasteiger partial charge on any atom is -0.380 e. The van der Waals surface area contributed by atoms with E-state index in [1.54, 1.807) is 31.5 Å². The van der Waals surface area contributed by atoms with Crippen molar-refractivity contribution >= 4 is 23.2 Å². The second-order valence-electron chi connectivity index (χ2n) is 5.16. The first-order chi connectivity index (χ1) is 11.2. The molecule has 3 rings (SSSR count). The van der Waals surface area contributed by atoms with Gasteiger partial charge in [0.15, 0.2) is 0 Å². The van der Waals surface area contributed by atoms with Gasteiger partial charge < -0.3 is 14.5 Å². The lowest BCUT2D eigenvalue weighted by atomic mass is 10.1. The summed E-state index contributed by atoms with van der Waals surface area (Å²) in [5.41, 5.74) is 3.21. The highest BCUT2D eigenvalue weighted by molar-refractivity contribution is 6.30. The second kappa shape index (κ2) is 6.81. The predicted molar refractivity (Wildman–Crippen MR) is 88.5 cm³/mol. The van der Waals surface area contributed by atoms with E-state index in [0.717, 1.165) is 16.9 Å². The number of carbonyl (C=O) groups excluding carboxylic acids is 1. The zero-order valence-corrected chi connectivity index (χ0v) is 13.4. The Kier molecular flexibility index (Phi) is 4.60. The third kappa shape index (κ3) is 3.70. The van der Waals surface area contributed by atoms with Crippen LogP contribution in [0.4, 0.5) is 0 Å². The van der Waals surface area contributed by atoms with Gasteiger partial charge in [-0.2, -0.15) is 0 Å². The molecule has 1 N–H and O–H groups in total. The molecule has 0 saturated heterocycles. The second-order valence-corrected chi connectivity index (χ2v) is 5.59. The monoisotopic (exact) mass is 329 g/mol. The first kappa shape index (κ1) is 15.5. The van der Waals surface area contributed by atoms with Gasteiger partial charge in [-0.15, -0.1) is 0 Å². The van der Waals surface area contributed by atoms with Gasteiger partial charge in [-0.3, -0.25) is 4.79 Å². The number of fused-ring (bicyclic) bond motifs is 1. The Labute approximate surface area is 138 Å². The minimum atomic E-state index is -0.135. The van der Waals surface area contributed by atoms with Gasteiger partial charge in [-0.1, -0.05) is 23.7 Å². The van der Waals surface area contributed by atoms with Gasteiger partial charge in [-0.25, -0.2) is 4.98 Å². The van der Waals surface area contributed by atoms with Gasteiger partial charge in [0.2, 0.25) is 0 Å². The Hall–Kier alpha value is -2.37. The van der Waals surface area contributed by atoms with E-state index in [4.69, 9.17) is 16.3 Å². The summed E-state index contributed by atoms with van der Waals surface area (Å²) in [6, 6.07) is 11.0. The number of rotatable bonds is 5. The van der Waals surface area contributed by atoms with Crippen molar-refractivity contribution in [1.29, 1.82) is 0 Å². The molecule has 0 radical (unpaired) electrons. The number of nitrogens with zero attached hydrogens (tertiary/aromatic N) is 2. The number of nitrogens with one attached hydrogen (secondary N) is 1. The van der Waals surface area contributed by atoms with Crippen LogP contribution < -0.4 is 5.32 Å². The largest absolute Gasteiger partial charge is 0.380 e. The number of aromatic nitrogens is 2. The molecule has 0 saturated carbocycles. The Balaban J connectivity index is 1.65. The number of pyridine rings is 1. The molecule has 0 atom stereocenters. The fourth-order valence-corrected chi connectivity index (χ4v) is 2.46. The fourth-order valence-electron chi connectivity index (χ4n) is 2.29. The highest BCUT2D eigenvalue weighted by atomic mass is 35.5. The quantitative estimate of drug-likeness (QED) is 0.782. The molecule has 118 valence electrons. The molecule has 0 aliphatic rings. The maximum absolute atomic E-state index is 12.2. The smallest absolute Gasteiger partial charge is 0.251 e. The zero-order chi connectivity index (χ0) is 16.2. The summed E-state index contributed by atoms with van der Waals surface area (Å²) < 4.78 is 6.89. The molecular weight excluding hydrogens is 314 g/mol. The number of hydrogen-bond acceptors (Lipinski definition) is 3. The van der Waals surface area contributed by atoms with Crippen molar-refractivity contribution in [2.75, 3.05) is 7.11 Å². The van der Waals surface area contributed by atoms with Crippen molar-refractivity contribution in [1.82, 2.24) is 14.7 Å². The van der Waals surface area contributed by atoms with Crippen LogP contribution >= 0.6 is 11.6 Å². The van der Waals surface area contributed by atoms with E-state index in [2.05, 4.69) is 10.3 Å². The fraction of sp³-hybridized carbons (Fsp3) is 0.176. The molecule has 5 nitrogen and oxygen atoms in total. The first-order valence-corrected chi connectivity index (χ1v) is 7.53. The van der Waals surface area contributed by atoms with Gasteiger partial charge in [0.1, 0.15) is 5.65 Å². The molecule has 0 aliphatic heterocycles. The minimum absolute atomic E-state index is 0.135. The number of methoxy groups -OCH3 is 1. The maximum atomic E-state index is 12.2. The van der Waals surface area contributed by atoms with Crippen LogP contribution in [0, 0.1) is 0 Å². The summed E-state index contributed by atoms with van der Waals surface area (Å²) in [6.45, 7) is 0.893. The van der Waals surface area contributed by atoms with Gasteiger partial charge in [-0.05, 0) is 29.8 Å². The Bertz CT molecular complexity index is 827. The number of imidazole rings is 1. The third-order valence-corrected chi connectivity index (χ3v) is 3.65. The highest BCUT2D eigenvalue weighted by Gasteiger charge is 2.07. The van der Waals surface area contributed by atoms with Crippen LogP contribution in [0.15, 0.2) is 48.8 Å². The number of carbonyl (C=O) groups is 1. The van der Waals surface area contributed by atoms with Gasteiger partial charge in [0, 0.05) is 25.1 Å². The van der Waals surface area contributed by atoms with Crippen molar-refractivity contribution in [2.24, 2.45) is 0 Å². The molecule has 0 fully saturated rings. The standard InChI is InChI=1S/C17H16ClN3O2/c1-23-11-12-2-4-13(5-3-12)17(22)19-8-15-10-21-9-14(18)6-7-16(21)20-15/h2-7,9-10H,8,11H2,1H3,(H,19,22). The molecule has 23 heavy (non-hydrogen) atoms. The predicted octanol–water partition coefficient (Wildman–Crippen LogP) is 3.06. The Morgan fingerprint density at radius 3 is 2.74 bits per heavy atom. The number of hydrogen-bond donors (Lipinski definition) is 1. The van der Waals surface area contributed by atoms with Gasteiger partial charge in [0.05, 0.1) is 23.9 Å².